The van der Waals surface area contributed by atoms with Crippen LogP contribution in [0.4, 0.5) is 0 Å². The van der Waals surface area contributed by atoms with Crippen molar-refractivity contribution in [3.63, 3.8) is 0 Å². The molecule has 0 radical (unpaired) electrons. The molecular formula is C16H25BrN2OS. The Morgan fingerprint density at radius 2 is 2.24 bits per heavy atom. The highest BCUT2D eigenvalue weighted by molar-refractivity contribution is 9.10. The largest absolute Gasteiger partial charge is 0.370 e. The second-order valence-electron chi connectivity index (χ2n) is 6.68. The van der Waals surface area contributed by atoms with Gasteiger partial charge in [-0.1, -0.05) is 39.4 Å². The Bertz CT molecular complexity index is 558. The highest BCUT2D eigenvalue weighted by Gasteiger charge is 2.39. The molecule has 1 aliphatic carbocycles. The van der Waals surface area contributed by atoms with E-state index in [4.69, 9.17) is 17.0 Å². The lowest BCUT2D eigenvalue weighted by Gasteiger charge is -2.38. The van der Waals surface area contributed by atoms with E-state index >= 15 is 0 Å². The van der Waals surface area contributed by atoms with Gasteiger partial charge in [-0.25, -0.2) is 4.98 Å². The van der Waals surface area contributed by atoms with Crippen LogP contribution in [0.15, 0.2) is 4.47 Å². The fraction of sp³-hybridized carbons (Fsp3) is 0.750. The average Bonchev–Trinajstić information content (AvgIpc) is 2.43. The van der Waals surface area contributed by atoms with Gasteiger partial charge in [0.2, 0.25) is 0 Å². The number of hydrogen-bond donors (Lipinski definition) is 1. The molecule has 1 saturated carbocycles. The van der Waals surface area contributed by atoms with Crippen LogP contribution in [-0.4, -0.2) is 17.1 Å². The van der Waals surface area contributed by atoms with Gasteiger partial charge in [0.1, 0.15) is 16.1 Å². The SMILES string of the molecule is COC1(c2nc(=S)c(Br)c(CC(C)C)[nH]2)CCCC(C)C1. The van der Waals surface area contributed by atoms with Crippen LogP contribution in [0.5, 0.6) is 0 Å². The summed E-state index contributed by atoms with van der Waals surface area (Å²) in [4.78, 5) is 8.15. The van der Waals surface area contributed by atoms with Gasteiger partial charge in [0.15, 0.2) is 0 Å². The maximum absolute atomic E-state index is 5.93. The Labute approximate surface area is 141 Å². The molecule has 1 aromatic heterocycles. The zero-order chi connectivity index (χ0) is 15.6. The molecular weight excluding hydrogens is 348 g/mol. The first-order valence-electron chi connectivity index (χ1n) is 7.72. The molecule has 0 aliphatic heterocycles. The van der Waals surface area contributed by atoms with Crippen molar-refractivity contribution < 1.29 is 4.74 Å². The minimum absolute atomic E-state index is 0.308. The molecule has 2 unspecified atom stereocenters. The van der Waals surface area contributed by atoms with E-state index in [1.807, 2.05) is 0 Å². The molecule has 0 saturated heterocycles. The average molecular weight is 373 g/mol. The summed E-state index contributed by atoms with van der Waals surface area (Å²) < 4.78 is 7.49. The lowest BCUT2D eigenvalue weighted by molar-refractivity contribution is -0.0648. The van der Waals surface area contributed by atoms with E-state index < -0.39 is 0 Å². The van der Waals surface area contributed by atoms with Gasteiger partial charge >= 0.3 is 0 Å². The van der Waals surface area contributed by atoms with Crippen molar-refractivity contribution in [1.29, 1.82) is 0 Å². The second-order valence-corrected chi connectivity index (χ2v) is 7.86. The second kappa shape index (κ2) is 6.88. The summed E-state index contributed by atoms with van der Waals surface area (Å²) in [6.45, 7) is 6.70. The lowest BCUT2D eigenvalue weighted by atomic mass is 9.78. The molecule has 2 atom stereocenters. The lowest BCUT2D eigenvalue weighted by Crippen LogP contribution is -2.36. The van der Waals surface area contributed by atoms with E-state index in [-0.39, 0.29) is 5.60 Å². The first-order valence-corrected chi connectivity index (χ1v) is 8.92. The number of aromatic nitrogens is 2. The van der Waals surface area contributed by atoms with Crippen molar-refractivity contribution in [3.05, 3.63) is 20.6 Å². The van der Waals surface area contributed by atoms with E-state index in [1.54, 1.807) is 7.11 Å². The number of nitrogens with zero attached hydrogens (tertiary/aromatic N) is 1. The van der Waals surface area contributed by atoms with E-state index in [1.165, 1.54) is 12.8 Å². The number of rotatable bonds is 4. The van der Waals surface area contributed by atoms with Gasteiger partial charge in [-0.3, -0.25) is 0 Å². The number of aromatic amines is 1. The van der Waals surface area contributed by atoms with Crippen molar-refractivity contribution >= 4 is 28.1 Å². The Balaban J connectivity index is 2.46. The summed E-state index contributed by atoms with van der Waals surface area (Å²) in [7, 11) is 1.79. The molecule has 1 heterocycles. The van der Waals surface area contributed by atoms with Gasteiger partial charge in [-0.05, 0) is 53.4 Å². The highest BCUT2D eigenvalue weighted by Crippen LogP contribution is 2.41. The fourth-order valence-electron chi connectivity index (χ4n) is 3.27. The first kappa shape index (κ1) is 17.1. The van der Waals surface area contributed by atoms with Crippen LogP contribution in [0.1, 0.15) is 58.0 Å². The molecule has 1 aromatic rings. The molecule has 1 N–H and O–H groups in total. The van der Waals surface area contributed by atoms with Gasteiger partial charge < -0.3 is 9.72 Å². The number of H-pyrrole nitrogens is 1. The summed E-state index contributed by atoms with van der Waals surface area (Å²) in [6.07, 6.45) is 5.41. The maximum Gasteiger partial charge on any atom is 0.144 e. The van der Waals surface area contributed by atoms with Crippen molar-refractivity contribution in [3.8, 4) is 0 Å². The minimum atomic E-state index is -0.308. The van der Waals surface area contributed by atoms with Crippen LogP contribution < -0.4 is 0 Å². The summed E-state index contributed by atoms with van der Waals surface area (Å²) in [5.41, 5.74) is 0.826. The van der Waals surface area contributed by atoms with E-state index in [0.29, 0.717) is 16.5 Å². The van der Waals surface area contributed by atoms with E-state index in [0.717, 1.165) is 35.3 Å². The van der Waals surface area contributed by atoms with Crippen LogP contribution in [0.3, 0.4) is 0 Å². The number of hydrogen-bond acceptors (Lipinski definition) is 3. The Hall–Kier alpha value is -0.260. The molecule has 3 nitrogen and oxygen atoms in total. The zero-order valence-corrected chi connectivity index (χ0v) is 15.7. The van der Waals surface area contributed by atoms with Gasteiger partial charge in [-0.2, -0.15) is 0 Å². The molecule has 0 aromatic carbocycles. The summed E-state index contributed by atoms with van der Waals surface area (Å²) in [5, 5.41) is 0. The predicted molar refractivity (Wildman–Crippen MR) is 92.0 cm³/mol. The van der Waals surface area contributed by atoms with Gasteiger partial charge in [-0.15, -0.1) is 0 Å². The number of methoxy groups -OCH3 is 1. The summed E-state index contributed by atoms with van der Waals surface area (Å²) >= 11 is 9.02. The van der Waals surface area contributed by atoms with E-state index in [9.17, 15) is 0 Å². The standard InChI is InChI=1S/C16H25BrN2OS/c1-10(2)8-12-13(17)14(21)19-15(18-12)16(20-4)7-5-6-11(3)9-16/h10-11H,5-9H2,1-4H3,(H,18,19,21). The molecule has 1 aliphatic rings. The summed E-state index contributed by atoms with van der Waals surface area (Å²) in [6, 6.07) is 0. The van der Waals surface area contributed by atoms with Crippen molar-refractivity contribution in [2.24, 2.45) is 11.8 Å². The van der Waals surface area contributed by atoms with E-state index in [2.05, 4.69) is 46.7 Å². The number of nitrogens with one attached hydrogen (secondary N) is 1. The molecule has 21 heavy (non-hydrogen) atoms. The molecule has 1 fully saturated rings. The van der Waals surface area contributed by atoms with Crippen LogP contribution >= 0.6 is 28.1 Å². The number of ether oxygens (including phenoxy) is 1. The first-order chi connectivity index (χ1) is 9.88. The van der Waals surface area contributed by atoms with Crippen LogP contribution in [-0.2, 0) is 16.8 Å². The predicted octanol–water partition coefficient (Wildman–Crippen LogP) is 5.15. The zero-order valence-electron chi connectivity index (χ0n) is 13.3. The topological polar surface area (TPSA) is 37.9 Å². The molecule has 0 spiro atoms. The van der Waals surface area contributed by atoms with Crippen molar-refractivity contribution in [1.82, 2.24) is 9.97 Å². The molecule has 118 valence electrons. The molecule has 0 amide bonds. The van der Waals surface area contributed by atoms with Crippen molar-refractivity contribution in [2.45, 2.75) is 58.5 Å². The van der Waals surface area contributed by atoms with Gasteiger partial charge in [0, 0.05) is 12.8 Å². The van der Waals surface area contributed by atoms with Gasteiger partial charge in [0.25, 0.3) is 0 Å². The van der Waals surface area contributed by atoms with Gasteiger partial charge in [0.05, 0.1) is 4.47 Å². The monoisotopic (exact) mass is 372 g/mol. The molecule has 5 heteroatoms. The van der Waals surface area contributed by atoms with Crippen molar-refractivity contribution in [2.75, 3.05) is 7.11 Å². The van der Waals surface area contributed by atoms with Crippen LogP contribution in [0, 0.1) is 16.5 Å². The quantitative estimate of drug-likeness (QED) is 0.742. The third-order valence-corrected chi connectivity index (χ3v) is 5.74. The molecule has 0 bridgehead atoms. The highest BCUT2D eigenvalue weighted by atomic mass is 79.9. The third kappa shape index (κ3) is 3.74. The minimum Gasteiger partial charge on any atom is -0.370 e. The third-order valence-electron chi connectivity index (χ3n) is 4.33. The normalized spacial score (nSPS) is 26.3. The van der Waals surface area contributed by atoms with Crippen LogP contribution in [0.25, 0.3) is 0 Å². The molecule has 2 rings (SSSR count). The Morgan fingerprint density at radius 3 is 2.81 bits per heavy atom. The fourth-order valence-corrected chi connectivity index (χ4v) is 3.83. The summed E-state index contributed by atoms with van der Waals surface area (Å²) in [5.74, 6) is 2.12. The number of halogens is 1. The van der Waals surface area contributed by atoms with Crippen LogP contribution in [0.2, 0.25) is 0 Å². The Kier molecular flexibility index (Phi) is 5.60. The maximum atomic E-state index is 5.93. The smallest absolute Gasteiger partial charge is 0.144 e. The Morgan fingerprint density at radius 1 is 1.52 bits per heavy atom.